The van der Waals surface area contributed by atoms with Gasteiger partial charge in [-0.15, -0.1) is 0 Å². The fourth-order valence-electron chi connectivity index (χ4n) is 3.31. The molecule has 0 spiro atoms. The maximum Gasteiger partial charge on any atom is 0.336 e. The number of para-hydroxylation sites is 1. The highest BCUT2D eigenvalue weighted by molar-refractivity contribution is 6.30. The predicted molar refractivity (Wildman–Crippen MR) is 90.7 cm³/mol. The normalized spacial score (nSPS) is 20.2. The van der Waals surface area contributed by atoms with Crippen molar-refractivity contribution in [3.05, 3.63) is 76.5 Å². The summed E-state index contributed by atoms with van der Waals surface area (Å²) in [4.78, 5) is 26.7. The van der Waals surface area contributed by atoms with Crippen LogP contribution in [0.4, 0.5) is 5.69 Å². The lowest BCUT2D eigenvalue weighted by atomic mass is 9.84. The Balaban J connectivity index is 1.82. The SMILES string of the molecule is O=C1OCC2=C1[C@H](c1ccc(Cl)cc1)CC(=O)N2c1ccccc1. The molecule has 4 rings (SSSR count). The van der Waals surface area contributed by atoms with Crippen LogP contribution >= 0.6 is 11.6 Å². The Hall–Kier alpha value is -2.59. The zero-order chi connectivity index (χ0) is 16.7. The van der Waals surface area contributed by atoms with Gasteiger partial charge in [0.25, 0.3) is 0 Å². The number of esters is 1. The van der Waals surface area contributed by atoms with Crippen molar-refractivity contribution in [1.82, 2.24) is 0 Å². The topological polar surface area (TPSA) is 46.6 Å². The van der Waals surface area contributed by atoms with Crippen molar-refractivity contribution >= 4 is 29.2 Å². The minimum Gasteiger partial charge on any atom is -0.456 e. The second kappa shape index (κ2) is 5.80. The van der Waals surface area contributed by atoms with Crippen molar-refractivity contribution in [2.45, 2.75) is 12.3 Å². The van der Waals surface area contributed by atoms with E-state index in [1.54, 1.807) is 17.0 Å². The van der Waals surface area contributed by atoms with Gasteiger partial charge < -0.3 is 4.74 Å². The van der Waals surface area contributed by atoms with Crippen molar-refractivity contribution in [2.24, 2.45) is 0 Å². The first-order chi connectivity index (χ1) is 11.6. The Kier molecular flexibility index (Phi) is 3.62. The fourth-order valence-corrected chi connectivity index (χ4v) is 3.44. The molecule has 2 aromatic carbocycles. The molecule has 0 aromatic heterocycles. The van der Waals surface area contributed by atoms with Crippen LogP contribution in [0.15, 0.2) is 65.9 Å². The minimum atomic E-state index is -0.349. The zero-order valence-electron chi connectivity index (χ0n) is 12.7. The van der Waals surface area contributed by atoms with E-state index in [1.165, 1.54) is 0 Å². The summed E-state index contributed by atoms with van der Waals surface area (Å²) in [5, 5.41) is 0.620. The van der Waals surface area contributed by atoms with Crippen LogP contribution in [0.3, 0.4) is 0 Å². The van der Waals surface area contributed by atoms with Gasteiger partial charge in [-0.25, -0.2) is 4.79 Å². The average molecular weight is 340 g/mol. The van der Waals surface area contributed by atoms with Gasteiger partial charge in [0.05, 0.1) is 11.3 Å². The summed E-state index contributed by atoms with van der Waals surface area (Å²) in [6, 6.07) is 16.6. The molecule has 0 unspecified atom stereocenters. The fraction of sp³-hybridized carbons (Fsp3) is 0.158. The second-order valence-corrected chi connectivity index (χ2v) is 6.25. The van der Waals surface area contributed by atoms with E-state index in [9.17, 15) is 9.59 Å². The van der Waals surface area contributed by atoms with Gasteiger partial charge in [0.2, 0.25) is 5.91 Å². The quantitative estimate of drug-likeness (QED) is 0.784. The monoisotopic (exact) mass is 339 g/mol. The van der Waals surface area contributed by atoms with Crippen molar-refractivity contribution in [3.63, 3.8) is 0 Å². The van der Waals surface area contributed by atoms with Gasteiger partial charge >= 0.3 is 5.97 Å². The molecule has 2 aliphatic heterocycles. The lowest BCUT2D eigenvalue weighted by molar-refractivity contribution is -0.136. The molecular formula is C19H14ClNO3. The number of benzene rings is 2. The van der Waals surface area contributed by atoms with Gasteiger partial charge in [0.1, 0.15) is 6.61 Å². The maximum absolute atomic E-state index is 12.8. The first-order valence-electron chi connectivity index (χ1n) is 7.69. The van der Waals surface area contributed by atoms with Gasteiger partial charge in [0, 0.05) is 23.0 Å². The van der Waals surface area contributed by atoms with E-state index < -0.39 is 0 Å². The van der Waals surface area contributed by atoms with E-state index in [4.69, 9.17) is 16.3 Å². The van der Waals surface area contributed by atoms with Crippen LogP contribution in [0.25, 0.3) is 0 Å². The van der Waals surface area contributed by atoms with Crippen LogP contribution in [-0.2, 0) is 14.3 Å². The molecule has 1 atom stereocenters. The smallest absolute Gasteiger partial charge is 0.336 e. The largest absolute Gasteiger partial charge is 0.456 e. The number of amides is 1. The number of cyclic esters (lactones) is 1. The molecule has 1 amide bonds. The van der Waals surface area contributed by atoms with Gasteiger partial charge in [-0.1, -0.05) is 41.9 Å². The molecule has 0 bridgehead atoms. The van der Waals surface area contributed by atoms with Gasteiger partial charge in [-0.3, -0.25) is 9.69 Å². The molecule has 4 nitrogen and oxygen atoms in total. The second-order valence-electron chi connectivity index (χ2n) is 5.81. The van der Waals surface area contributed by atoms with Crippen LogP contribution in [0.5, 0.6) is 0 Å². The number of ether oxygens (including phenoxy) is 1. The van der Waals surface area contributed by atoms with E-state index in [1.807, 2.05) is 42.5 Å². The van der Waals surface area contributed by atoms with E-state index in [0.717, 1.165) is 11.3 Å². The highest BCUT2D eigenvalue weighted by Gasteiger charge is 2.42. The molecule has 2 aromatic rings. The van der Waals surface area contributed by atoms with Crippen LogP contribution in [-0.4, -0.2) is 18.5 Å². The number of anilines is 1. The highest BCUT2D eigenvalue weighted by atomic mass is 35.5. The summed E-state index contributed by atoms with van der Waals surface area (Å²) in [6.45, 7) is 0.124. The molecular weight excluding hydrogens is 326 g/mol. The summed E-state index contributed by atoms with van der Waals surface area (Å²) >= 11 is 5.94. The molecule has 0 aliphatic carbocycles. The summed E-state index contributed by atoms with van der Waals surface area (Å²) in [5.74, 6) is -0.684. The first kappa shape index (κ1) is 15.0. The number of rotatable bonds is 2. The van der Waals surface area contributed by atoms with E-state index >= 15 is 0 Å². The van der Waals surface area contributed by atoms with Crippen LogP contribution < -0.4 is 4.90 Å². The van der Waals surface area contributed by atoms with Crippen LogP contribution in [0, 0.1) is 0 Å². The summed E-state index contributed by atoms with van der Waals surface area (Å²) in [5.41, 5.74) is 2.86. The van der Waals surface area contributed by atoms with Crippen molar-refractivity contribution in [2.75, 3.05) is 11.5 Å². The first-order valence-corrected chi connectivity index (χ1v) is 8.06. The lowest BCUT2D eigenvalue weighted by Crippen LogP contribution is -2.37. The summed E-state index contributed by atoms with van der Waals surface area (Å²) in [6.07, 6.45) is 0.227. The van der Waals surface area contributed by atoms with Crippen molar-refractivity contribution in [1.29, 1.82) is 0 Å². The Morgan fingerprint density at radius 2 is 1.71 bits per heavy atom. The molecule has 2 heterocycles. The number of hydrogen-bond donors (Lipinski definition) is 0. The third-order valence-electron chi connectivity index (χ3n) is 4.40. The standard InChI is InChI=1S/C19H14ClNO3/c20-13-8-6-12(7-9-13)15-10-17(22)21(14-4-2-1-3-5-14)16-11-24-19(23)18(15)16/h1-9,15H,10-11H2/t15-/m0/s1. The molecule has 0 fully saturated rings. The number of nitrogens with zero attached hydrogens (tertiary/aromatic N) is 1. The summed E-state index contributed by atoms with van der Waals surface area (Å²) in [7, 11) is 0. The molecule has 2 aliphatic rings. The summed E-state index contributed by atoms with van der Waals surface area (Å²) < 4.78 is 5.24. The molecule has 120 valence electrons. The third kappa shape index (κ3) is 2.39. The van der Waals surface area contributed by atoms with Gasteiger partial charge in [0.15, 0.2) is 0 Å². The highest BCUT2D eigenvalue weighted by Crippen LogP contribution is 2.41. The molecule has 0 N–H and O–H groups in total. The number of halogens is 1. The van der Waals surface area contributed by atoms with Crippen LogP contribution in [0.1, 0.15) is 17.9 Å². The minimum absolute atomic E-state index is 0.0433. The van der Waals surface area contributed by atoms with Crippen LogP contribution in [0.2, 0.25) is 5.02 Å². The van der Waals surface area contributed by atoms with E-state index in [2.05, 4.69) is 0 Å². The van der Waals surface area contributed by atoms with Crippen molar-refractivity contribution < 1.29 is 14.3 Å². The third-order valence-corrected chi connectivity index (χ3v) is 4.66. The Morgan fingerprint density at radius 1 is 1.00 bits per heavy atom. The van der Waals surface area contributed by atoms with E-state index in [-0.39, 0.29) is 30.8 Å². The van der Waals surface area contributed by atoms with Gasteiger partial charge in [-0.05, 0) is 29.8 Å². The van der Waals surface area contributed by atoms with E-state index in [0.29, 0.717) is 16.3 Å². The molecule has 0 saturated carbocycles. The molecule has 0 saturated heterocycles. The van der Waals surface area contributed by atoms with Crippen molar-refractivity contribution in [3.8, 4) is 0 Å². The Labute approximate surface area is 144 Å². The lowest BCUT2D eigenvalue weighted by Gasteiger charge is -2.31. The Morgan fingerprint density at radius 3 is 2.42 bits per heavy atom. The maximum atomic E-state index is 12.8. The number of carbonyl (C=O) groups is 2. The number of hydrogen-bond acceptors (Lipinski definition) is 3. The predicted octanol–water partition coefficient (Wildman–Crippen LogP) is 3.67. The average Bonchev–Trinajstić information content (AvgIpc) is 2.97. The number of carbonyl (C=O) groups excluding carboxylic acids is 2. The molecule has 5 heteroatoms. The zero-order valence-corrected chi connectivity index (χ0v) is 13.5. The Bertz CT molecular complexity index is 843. The molecule has 0 radical (unpaired) electrons. The molecule has 24 heavy (non-hydrogen) atoms. The van der Waals surface area contributed by atoms with Gasteiger partial charge in [-0.2, -0.15) is 0 Å².